The highest BCUT2D eigenvalue weighted by Crippen LogP contribution is 2.37. The Labute approximate surface area is 124 Å². The van der Waals surface area contributed by atoms with E-state index in [0.29, 0.717) is 13.1 Å². The van der Waals surface area contributed by atoms with E-state index in [-0.39, 0.29) is 16.9 Å². The molecular formula is C16H34N2O2. The molecule has 0 aromatic rings. The molecule has 0 aromatic heterocycles. The van der Waals surface area contributed by atoms with Gasteiger partial charge in [0, 0.05) is 6.54 Å². The van der Waals surface area contributed by atoms with Crippen LogP contribution in [0.3, 0.4) is 0 Å². The molecule has 0 heterocycles. The largest absolute Gasteiger partial charge is 0.444 e. The fourth-order valence-electron chi connectivity index (χ4n) is 2.28. The van der Waals surface area contributed by atoms with Crippen molar-refractivity contribution in [3.63, 3.8) is 0 Å². The zero-order valence-corrected chi connectivity index (χ0v) is 14.4. The molecule has 0 spiro atoms. The quantitative estimate of drug-likeness (QED) is 0.750. The number of amides is 1. The van der Waals surface area contributed by atoms with Crippen molar-refractivity contribution in [1.82, 2.24) is 5.32 Å². The third kappa shape index (κ3) is 7.13. The van der Waals surface area contributed by atoms with E-state index in [4.69, 9.17) is 10.5 Å². The maximum Gasteiger partial charge on any atom is 0.407 e. The predicted octanol–water partition coefficient (Wildman–Crippen LogP) is 3.69. The van der Waals surface area contributed by atoms with Crippen LogP contribution in [0, 0.1) is 10.8 Å². The zero-order valence-electron chi connectivity index (χ0n) is 14.4. The van der Waals surface area contributed by atoms with Gasteiger partial charge in [-0.3, -0.25) is 0 Å². The van der Waals surface area contributed by atoms with E-state index in [0.717, 1.165) is 19.3 Å². The topological polar surface area (TPSA) is 64.3 Å². The predicted molar refractivity (Wildman–Crippen MR) is 84.7 cm³/mol. The van der Waals surface area contributed by atoms with Gasteiger partial charge in [-0.25, -0.2) is 4.79 Å². The van der Waals surface area contributed by atoms with Crippen molar-refractivity contribution in [3.05, 3.63) is 0 Å². The molecule has 3 N–H and O–H groups in total. The first-order valence-electron chi connectivity index (χ1n) is 7.66. The number of hydrogen-bond donors (Lipinski definition) is 2. The molecule has 0 aliphatic heterocycles. The summed E-state index contributed by atoms with van der Waals surface area (Å²) < 4.78 is 5.29. The third-order valence-electron chi connectivity index (χ3n) is 4.11. The Bertz CT molecular complexity index is 306. The average Bonchev–Trinajstić information content (AvgIpc) is 2.34. The second-order valence-corrected chi connectivity index (χ2v) is 7.56. The second kappa shape index (κ2) is 7.30. The van der Waals surface area contributed by atoms with Crippen molar-refractivity contribution in [2.24, 2.45) is 16.6 Å². The van der Waals surface area contributed by atoms with E-state index >= 15 is 0 Å². The van der Waals surface area contributed by atoms with Gasteiger partial charge < -0.3 is 15.8 Å². The summed E-state index contributed by atoms with van der Waals surface area (Å²) in [6.07, 6.45) is 2.70. The van der Waals surface area contributed by atoms with Crippen molar-refractivity contribution >= 4 is 6.09 Å². The summed E-state index contributed by atoms with van der Waals surface area (Å²) in [5, 5.41) is 2.90. The van der Waals surface area contributed by atoms with Gasteiger partial charge in [0.15, 0.2) is 0 Å². The lowest BCUT2D eigenvalue weighted by Gasteiger charge is -2.38. The molecule has 120 valence electrons. The Morgan fingerprint density at radius 1 is 1.05 bits per heavy atom. The first-order valence-corrected chi connectivity index (χ1v) is 7.66. The van der Waals surface area contributed by atoms with Crippen LogP contribution in [0.1, 0.15) is 67.7 Å². The molecular weight excluding hydrogens is 252 g/mol. The number of hydrogen-bond acceptors (Lipinski definition) is 3. The molecule has 4 nitrogen and oxygen atoms in total. The van der Waals surface area contributed by atoms with Crippen LogP contribution >= 0.6 is 0 Å². The van der Waals surface area contributed by atoms with Crippen molar-refractivity contribution in [3.8, 4) is 0 Å². The normalized spacial score (nSPS) is 18.0. The minimum absolute atomic E-state index is 0.0427. The molecule has 1 amide bonds. The minimum Gasteiger partial charge on any atom is -0.444 e. The van der Waals surface area contributed by atoms with Gasteiger partial charge in [-0.15, -0.1) is 0 Å². The van der Waals surface area contributed by atoms with Gasteiger partial charge in [0.1, 0.15) is 5.60 Å². The second-order valence-electron chi connectivity index (χ2n) is 7.56. The highest BCUT2D eigenvalue weighted by atomic mass is 16.6. The minimum atomic E-state index is -0.456. The molecule has 0 aliphatic rings. The van der Waals surface area contributed by atoms with Crippen molar-refractivity contribution < 1.29 is 9.53 Å². The maximum absolute atomic E-state index is 11.8. The third-order valence-corrected chi connectivity index (χ3v) is 4.11. The molecule has 20 heavy (non-hydrogen) atoms. The molecule has 4 heteroatoms. The summed E-state index contributed by atoms with van der Waals surface area (Å²) >= 11 is 0. The fourth-order valence-corrected chi connectivity index (χ4v) is 2.28. The van der Waals surface area contributed by atoms with E-state index in [1.165, 1.54) is 0 Å². The van der Waals surface area contributed by atoms with Crippen molar-refractivity contribution in [2.75, 3.05) is 13.1 Å². The highest BCUT2D eigenvalue weighted by molar-refractivity contribution is 5.67. The van der Waals surface area contributed by atoms with Crippen molar-refractivity contribution in [1.29, 1.82) is 0 Å². The summed E-state index contributed by atoms with van der Waals surface area (Å²) in [4.78, 5) is 11.8. The average molecular weight is 286 g/mol. The van der Waals surface area contributed by atoms with Crippen LogP contribution in [0.2, 0.25) is 0 Å². The molecule has 0 saturated heterocycles. The highest BCUT2D eigenvalue weighted by Gasteiger charge is 2.33. The Kier molecular flexibility index (Phi) is 7.02. The number of ether oxygens (including phenoxy) is 1. The van der Waals surface area contributed by atoms with E-state index < -0.39 is 5.60 Å². The van der Waals surface area contributed by atoms with Gasteiger partial charge in [0.25, 0.3) is 0 Å². The van der Waals surface area contributed by atoms with Crippen molar-refractivity contribution in [2.45, 2.75) is 73.3 Å². The summed E-state index contributed by atoms with van der Waals surface area (Å²) in [5.74, 6) is 0. The molecule has 0 aliphatic carbocycles. The first kappa shape index (κ1) is 19.2. The van der Waals surface area contributed by atoms with E-state index in [9.17, 15) is 4.79 Å². The standard InChI is InChI=1S/C16H34N2O2/c1-8-15(6,11-17)10-16(7,9-2)12-18-13(19)20-14(3,4)5/h8-12,17H2,1-7H3,(H,18,19). The van der Waals surface area contributed by atoms with E-state index in [1.54, 1.807) is 0 Å². The van der Waals surface area contributed by atoms with Crippen LogP contribution in [0.5, 0.6) is 0 Å². The molecule has 0 aromatic carbocycles. The van der Waals surface area contributed by atoms with Gasteiger partial charge in [-0.05, 0) is 57.4 Å². The van der Waals surface area contributed by atoms with Crippen LogP contribution in [0.4, 0.5) is 4.79 Å². The first-order chi connectivity index (χ1) is 8.99. The Balaban J connectivity index is 4.56. The number of carbonyl (C=O) groups excluding carboxylic acids is 1. The van der Waals surface area contributed by atoms with Gasteiger partial charge >= 0.3 is 6.09 Å². The smallest absolute Gasteiger partial charge is 0.407 e. The fraction of sp³-hybridized carbons (Fsp3) is 0.938. The van der Waals surface area contributed by atoms with Crippen LogP contribution in [-0.4, -0.2) is 24.8 Å². The number of alkyl carbamates (subject to hydrolysis) is 1. The Morgan fingerprint density at radius 3 is 1.90 bits per heavy atom. The van der Waals surface area contributed by atoms with Crippen LogP contribution in [0.25, 0.3) is 0 Å². The van der Waals surface area contributed by atoms with Gasteiger partial charge in [0.2, 0.25) is 0 Å². The number of nitrogens with two attached hydrogens (primary N) is 1. The number of carbonyl (C=O) groups is 1. The maximum atomic E-state index is 11.8. The summed E-state index contributed by atoms with van der Waals surface area (Å²) in [6, 6.07) is 0. The molecule has 0 fully saturated rings. The summed E-state index contributed by atoms with van der Waals surface area (Å²) in [7, 11) is 0. The van der Waals surface area contributed by atoms with Crippen LogP contribution in [0.15, 0.2) is 0 Å². The SMILES string of the molecule is CCC(C)(CN)CC(C)(CC)CNC(=O)OC(C)(C)C. The molecule has 0 radical (unpaired) electrons. The number of rotatable bonds is 7. The van der Waals surface area contributed by atoms with Crippen LogP contribution in [-0.2, 0) is 4.74 Å². The zero-order chi connectivity index (χ0) is 16.0. The van der Waals surface area contributed by atoms with Crippen LogP contribution < -0.4 is 11.1 Å². The lowest BCUT2D eigenvalue weighted by atomic mass is 9.70. The lowest BCUT2D eigenvalue weighted by Crippen LogP contribution is -2.42. The molecule has 2 unspecified atom stereocenters. The number of nitrogens with one attached hydrogen (secondary N) is 1. The van der Waals surface area contributed by atoms with Gasteiger partial charge in [-0.2, -0.15) is 0 Å². The molecule has 0 bridgehead atoms. The van der Waals surface area contributed by atoms with Gasteiger partial charge in [0.05, 0.1) is 0 Å². The molecule has 0 saturated carbocycles. The monoisotopic (exact) mass is 286 g/mol. The Hall–Kier alpha value is -0.770. The molecule has 0 rings (SSSR count). The van der Waals surface area contributed by atoms with E-state index in [2.05, 4.69) is 33.0 Å². The summed E-state index contributed by atoms with van der Waals surface area (Å²) in [5.41, 5.74) is 5.62. The van der Waals surface area contributed by atoms with E-state index in [1.807, 2.05) is 20.8 Å². The Morgan fingerprint density at radius 2 is 1.55 bits per heavy atom. The summed E-state index contributed by atoms with van der Waals surface area (Å²) in [6.45, 7) is 15.6. The van der Waals surface area contributed by atoms with Gasteiger partial charge in [-0.1, -0.05) is 27.7 Å². The lowest BCUT2D eigenvalue weighted by molar-refractivity contribution is 0.0480. The molecule has 2 atom stereocenters.